The number of aryl methyl sites for hydroxylation is 3. The molecule has 1 unspecified atom stereocenters. The molecule has 0 spiro atoms. The number of hydrogen-bond donors (Lipinski definition) is 2. The Morgan fingerprint density at radius 3 is 2.60 bits per heavy atom. The first-order chi connectivity index (χ1) is 16.7. The lowest BCUT2D eigenvalue weighted by molar-refractivity contribution is -0.146. The normalized spacial score (nSPS) is 13.1. The van der Waals surface area contributed by atoms with Crippen LogP contribution in [0.2, 0.25) is 0 Å². The molecule has 11 heteroatoms. The van der Waals surface area contributed by atoms with Gasteiger partial charge in [-0.1, -0.05) is 17.3 Å². The molecular formula is C24H23F2N5O4. The van der Waals surface area contributed by atoms with E-state index in [4.69, 9.17) is 0 Å². The van der Waals surface area contributed by atoms with Crippen molar-refractivity contribution >= 4 is 16.9 Å². The van der Waals surface area contributed by atoms with Gasteiger partial charge in [-0.15, -0.1) is 5.10 Å². The molecule has 2 aromatic heterocycles. The van der Waals surface area contributed by atoms with E-state index in [1.54, 1.807) is 36.3 Å². The van der Waals surface area contributed by atoms with E-state index in [1.807, 2.05) is 0 Å². The molecule has 0 aliphatic rings. The van der Waals surface area contributed by atoms with E-state index >= 15 is 0 Å². The summed E-state index contributed by atoms with van der Waals surface area (Å²) >= 11 is 0. The third kappa shape index (κ3) is 5.40. The van der Waals surface area contributed by atoms with Crippen molar-refractivity contribution in [3.05, 3.63) is 76.3 Å². The fourth-order valence-electron chi connectivity index (χ4n) is 3.94. The first-order valence-electron chi connectivity index (χ1n) is 10.9. The predicted molar refractivity (Wildman–Crippen MR) is 122 cm³/mol. The number of aliphatic carboxylic acids is 1. The van der Waals surface area contributed by atoms with Crippen molar-refractivity contribution in [3.63, 3.8) is 0 Å². The van der Waals surface area contributed by atoms with Gasteiger partial charge in [0.25, 0.3) is 5.56 Å². The molecule has 0 saturated carbocycles. The van der Waals surface area contributed by atoms with Crippen molar-refractivity contribution in [3.8, 4) is 11.1 Å². The molecular weight excluding hydrogens is 460 g/mol. The van der Waals surface area contributed by atoms with Crippen molar-refractivity contribution < 1.29 is 23.8 Å². The van der Waals surface area contributed by atoms with Gasteiger partial charge >= 0.3 is 5.97 Å². The lowest BCUT2D eigenvalue weighted by Crippen LogP contribution is -2.32. The molecule has 2 N–H and O–H groups in total. The van der Waals surface area contributed by atoms with E-state index in [1.165, 1.54) is 12.1 Å². The van der Waals surface area contributed by atoms with E-state index in [-0.39, 0.29) is 36.7 Å². The molecule has 9 nitrogen and oxygen atoms in total. The Morgan fingerprint density at radius 2 is 1.91 bits per heavy atom. The summed E-state index contributed by atoms with van der Waals surface area (Å²) in [6.45, 7) is -0.138. The zero-order valence-corrected chi connectivity index (χ0v) is 18.8. The minimum absolute atomic E-state index is 0.00361. The summed E-state index contributed by atoms with van der Waals surface area (Å²) in [6.07, 6.45) is 2.11. The Balaban J connectivity index is 1.42. The highest BCUT2D eigenvalue weighted by atomic mass is 19.1. The highest BCUT2D eigenvalue weighted by Crippen LogP contribution is 2.23. The van der Waals surface area contributed by atoms with Gasteiger partial charge in [-0.05, 0) is 54.7 Å². The van der Waals surface area contributed by atoms with Crippen molar-refractivity contribution in [2.45, 2.75) is 31.9 Å². The van der Waals surface area contributed by atoms with Crippen LogP contribution >= 0.6 is 0 Å². The second-order valence-electron chi connectivity index (χ2n) is 8.33. The molecule has 2 heterocycles. The number of aliphatic hydroxyl groups excluding tert-OH is 1. The van der Waals surface area contributed by atoms with Crippen molar-refractivity contribution in [2.75, 3.05) is 0 Å². The molecule has 0 radical (unpaired) electrons. The average molecular weight is 483 g/mol. The van der Waals surface area contributed by atoms with Crippen LogP contribution in [-0.2, 0) is 24.8 Å². The maximum Gasteiger partial charge on any atom is 0.309 e. The Labute approximate surface area is 198 Å². The van der Waals surface area contributed by atoms with E-state index in [0.29, 0.717) is 11.1 Å². The number of nitrogens with zero attached hydrogens (tertiary/aromatic N) is 5. The number of aromatic nitrogens is 5. The summed E-state index contributed by atoms with van der Waals surface area (Å²) in [5.74, 6) is -3.54. The van der Waals surface area contributed by atoms with Gasteiger partial charge in [-0.2, -0.15) is 5.10 Å². The van der Waals surface area contributed by atoms with Gasteiger partial charge in [-0.25, -0.2) is 13.5 Å². The van der Waals surface area contributed by atoms with Crippen LogP contribution in [0.3, 0.4) is 0 Å². The SMILES string of the molecule is Cn1cc(-c2ccc(CC[C@@H](O)C(CCn3nnc4ccc(F)cc4c3=O)C(=O)O)c(F)c2)cn1. The largest absolute Gasteiger partial charge is 0.481 e. The molecule has 2 aromatic carbocycles. The monoisotopic (exact) mass is 483 g/mol. The number of halogens is 2. The number of fused-ring (bicyclic) bond motifs is 1. The molecule has 0 bridgehead atoms. The highest BCUT2D eigenvalue weighted by molar-refractivity contribution is 5.76. The maximum atomic E-state index is 14.6. The fourth-order valence-corrected chi connectivity index (χ4v) is 3.94. The summed E-state index contributed by atoms with van der Waals surface area (Å²) in [6, 6.07) is 8.25. The molecule has 4 rings (SSSR count). The quantitative estimate of drug-likeness (QED) is 0.375. The van der Waals surface area contributed by atoms with Gasteiger partial charge in [-0.3, -0.25) is 14.3 Å². The van der Waals surface area contributed by atoms with E-state index in [2.05, 4.69) is 15.4 Å². The average Bonchev–Trinajstić information content (AvgIpc) is 3.26. The van der Waals surface area contributed by atoms with Crippen LogP contribution in [-0.4, -0.2) is 47.1 Å². The Morgan fingerprint density at radius 1 is 1.11 bits per heavy atom. The van der Waals surface area contributed by atoms with Crippen LogP contribution in [0.15, 0.2) is 53.6 Å². The van der Waals surface area contributed by atoms with Crippen LogP contribution in [0.25, 0.3) is 22.0 Å². The number of aliphatic hydroxyl groups is 1. The van der Waals surface area contributed by atoms with Gasteiger partial charge in [0.1, 0.15) is 17.2 Å². The standard InChI is InChI=1S/C24H23F2N5O4/c1-30-13-16(12-27-30)15-3-2-14(20(26)10-15)4-7-22(32)18(24(34)35)8-9-31-23(33)19-11-17(25)5-6-21(19)28-29-31/h2-3,5-6,10-13,18,22,32H,4,7-9H2,1H3,(H,34,35)/t18?,22-/m1/s1. The van der Waals surface area contributed by atoms with E-state index < -0.39 is 35.2 Å². The zero-order valence-electron chi connectivity index (χ0n) is 18.8. The minimum atomic E-state index is -1.29. The second-order valence-corrected chi connectivity index (χ2v) is 8.33. The molecule has 2 atom stereocenters. The first kappa shape index (κ1) is 24.1. The third-order valence-corrected chi connectivity index (χ3v) is 5.92. The summed E-state index contributed by atoms with van der Waals surface area (Å²) in [5.41, 5.74) is 1.38. The van der Waals surface area contributed by atoms with Gasteiger partial charge in [0.15, 0.2) is 0 Å². The number of benzene rings is 2. The molecule has 182 valence electrons. The van der Waals surface area contributed by atoms with Gasteiger partial charge in [0.05, 0.1) is 23.6 Å². The van der Waals surface area contributed by atoms with Crippen molar-refractivity contribution in [1.29, 1.82) is 0 Å². The van der Waals surface area contributed by atoms with Crippen molar-refractivity contribution in [2.24, 2.45) is 13.0 Å². The Bertz CT molecular complexity index is 1440. The predicted octanol–water partition coefficient (Wildman–Crippen LogP) is 2.55. The minimum Gasteiger partial charge on any atom is -0.481 e. The maximum absolute atomic E-state index is 14.6. The van der Waals surface area contributed by atoms with Crippen LogP contribution in [0.5, 0.6) is 0 Å². The topological polar surface area (TPSA) is 123 Å². The summed E-state index contributed by atoms with van der Waals surface area (Å²) in [7, 11) is 1.76. The molecule has 4 aromatic rings. The Hall–Kier alpha value is -3.99. The lowest BCUT2D eigenvalue weighted by atomic mass is 9.93. The van der Waals surface area contributed by atoms with Gasteiger partial charge < -0.3 is 10.2 Å². The van der Waals surface area contributed by atoms with Gasteiger partial charge in [0, 0.05) is 25.4 Å². The molecule has 0 amide bonds. The number of carboxylic acid groups (broad SMARTS) is 1. The number of rotatable bonds is 9. The molecule has 0 fully saturated rings. The smallest absolute Gasteiger partial charge is 0.309 e. The van der Waals surface area contributed by atoms with Crippen LogP contribution in [0.4, 0.5) is 8.78 Å². The zero-order chi connectivity index (χ0) is 25.1. The molecule has 35 heavy (non-hydrogen) atoms. The van der Waals surface area contributed by atoms with Crippen LogP contribution in [0.1, 0.15) is 18.4 Å². The fraction of sp³-hybridized carbons (Fsp3) is 0.292. The van der Waals surface area contributed by atoms with E-state index in [9.17, 15) is 28.6 Å². The van der Waals surface area contributed by atoms with Gasteiger partial charge in [0.2, 0.25) is 0 Å². The molecule has 0 aliphatic carbocycles. The molecule has 0 aliphatic heterocycles. The Kier molecular flexibility index (Phi) is 6.97. The van der Waals surface area contributed by atoms with E-state index in [0.717, 1.165) is 22.4 Å². The number of hydrogen-bond acceptors (Lipinski definition) is 6. The first-order valence-corrected chi connectivity index (χ1v) is 10.9. The highest BCUT2D eigenvalue weighted by Gasteiger charge is 2.27. The summed E-state index contributed by atoms with van der Waals surface area (Å²) < 4.78 is 30.7. The second kappa shape index (κ2) is 10.1. The van der Waals surface area contributed by atoms with Crippen molar-refractivity contribution in [1.82, 2.24) is 24.8 Å². The summed E-state index contributed by atoms with van der Waals surface area (Å²) in [4.78, 5) is 24.3. The number of carbonyl (C=O) groups is 1. The third-order valence-electron chi connectivity index (χ3n) is 5.92. The number of carboxylic acids is 1. The lowest BCUT2D eigenvalue weighted by Gasteiger charge is -2.19. The van der Waals surface area contributed by atoms with Crippen LogP contribution < -0.4 is 5.56 Å². The van der Waals surface area contributed by atoms with Crippen LogP contribution in [0, 0.1) is 17.6 Å². The summed E-state index contributed by atoms with van der Waals surface area (Å²) in [5, 5.41) is 31.8. The molecule has 0 saturated heterocycles.